The van der Waals surface area contributed by atoms with Crippen LogP contribution in [0, 0.1) is 11.8 Å². The van der Waals surface area contributed by atoms with Crippen molar-refractivity contribution in [2.45, 2.75) is 32.2 Å². The van der Waals surface area contributed by atoms with Gasteiger partial charge in [-0.15, -0.1) is 0 Å². The molecule has 0 bridgehead atoms. The Morgan fingerprint density at radius 1 is 1.33 bits per heavy atom. The van der Waals surface area contributed by atoms with Gasteiger partial charge in [-0.25, -0.2) is 0 Å². The quantitative estimate of drug-likeness (QED) is 0.766. The second-order valence-electron chi connectivity index (χ2n) is 5.60. The third-order valence-corrected chi connectivity index (χ3v) is 3.81. The molecule has 1 unspecified atom stereocenters. The molecular weight excluding hydrogens is 230 g/mol. The Balaban J connectivity index is 1.48. The highest BCUT2D eigenvalue weighted by atomic mass is 16.5. The van der Waals surface area contributed by atoms with Gasteiger partial charge in [-0.3, -0.25) is 4.90 Å². The van der Waals surface area contributed by atoms with Crippen LogP contribution in [0.15, 0.2) is 4.52 Å². The summed E-state index contributed by atoms with van der Waals surface area (Å²) in [6.07, 6.45) is 4.86. The lowest BCUT2D eigenvalue weighted by Gasteiger charge is -2.12. The van der Waals surface area contributed by atoms with E-state index < -0.39 is 0 Å². The van der Waals surface area contributed by atoms with E-state index in [2.05, 4.69) is 15.0 Å². The molecule has 5 heteroatoms. The Kier molecular flexibility index (Phi) is 3.61. The van der Waals surface area contributed by atoms with Crippen molar-refractivity contribution in [2.75, 3.05) is 26.8 Å². The van der Waals surface area contributed by atoms with E-state index in [-0.39, 0.29) is 0 Å². The first kappa shape index (κ1) is 12.1. The number of hydrogen-bond acceptors (Lipinski definition) is 5. The number of likely N-dealkylation sites (tertiary alicyclic amines) is 1. The van der Waals surface area contributed by atoms with Gasteiger partial charge in [-0.05, 0) is 37.6 Å². The maximum atomic E-state index is 5.32. The average Bonchev–Trinajstić information content (AvgIpc) is 2.87. The molecule has 1 aromatic heterocycles. The monoisotopic (exact) mass is 251 g/mol. The molecule has 0 radical (unpaired) electrons. The summed E-state index contributed by atoms with van der Waals surface area (Å²) in [5.41, 5.74) is 0. The van der Waals surface area contributed by atoms with Gasteiger partial charge in [-0.2, -0.15) is 4.98 Å². The minimum absolute atomic E-state index is 0.656. The maximum Gasteiger partial charge on any atom is 0.240 e. The van der Waals surface area contributed by atoms with Gasteiger partial charge in [0, 0.05) is 20.1 Å². The molecule has 3 rings (SSSR count). The lowest BCUT2D eigenvalue weighted by atomic mass is 10.1. The average molecular weight is 251 g/mol. The number of ether oxygens (including phenoxy) is 1. The summed E-state index contributed by atoms with van der Waals surface area (Å²) >= 11 is 0. The van der Waals surface area contributed by atoms with Crippen molar-refractivity contribution in [1.82, 2.24) is 15.0 Å². The molecule has 0 spiro atoms. The first-order chi connectivity index (χ1) is 8.83. The van der Waals surface area contributed by atoms with E-state index >= 15 is 0 Å². The SMILES string of the molecule is COCC1CCN(Cc2nc(CC3CC3)no2)C1. The number of rotatable bonds is 6. The zero-order valence-corrected chi connectivity index (χ0v) is 11.0. The second-order valence-corrected chi connectivity index (χ2v) is 5.60. The minimum Gasteiger partial charge on any atom is -0.384 e. The molecule has 1 aromatic rings. The molecule has 0 aromatic carbocycles. The summed E-state index contributed by atoms with van der Waals surface area (Å²) in [4.78, 5) is 6.85. The van der Waals surface area contributed by atoms with Crippen LogP contribution in [0.1, 0.15) is 31.0 Å². The lowest BCUT2D eigenvalue weighted by molar-refractivity contribution is 0.151. The first-order valence-corrected chi connectivity index (χ1v) is 6.86. The predicted octanol–water partition coefficient (Wildman–Crippen LogP) is 1.49. The van der Waals surface area contributed by atoms with Crippen LogP contribution in [0.25, 0.3) is 0 Å². The summed E-state index contributed by atoms with van der Waals surface area (Å²) in [5, 5.41) is 4.06. The van der Waals surface area contributed by atoms with Crippen molar-refractivity contribution in [3.05, 3.63) is 11.7 Å². The highest BCUT2D eigenvalue weighted by Crippen LogP contribution is 2.31. The molecule has 1 aliphatic carbocycles. The summed E-state index contributed by atoms with van der Waals surface area (Å²) in [6.45, 7) is 3.83. The normalized spacial score (nSPS) is 24.8. The highest BCUT2D eigenvalue weighted by Gasteiger charge is 2.26. The molecular formula is C13H21N3O2. The van der Waals surface area contributed by atoms with E-state index in [1.54, 1.807) is 7.11 Å². The summed E-state index contributed by atoms with van der Waals surface area (Å²) < 4.78 is 10.5. The number of hydrogen-bond donors (Lipinski definition) is 0. The van der Waals surface area contributed by atoms with Gasteiger partial charge >= 0.3 is 0 Å². The van der Waals surface area contributed by atoms with Crippen molar-refractivity contribution in [3.8, 4) is 0 Å². The van der Waals surface area contributed by atoms with Crippen molar-refractivity contribution < 1.29 is 9.26 Å². The van der Waals surface area contributed by atoms with E-state index in [9.17, 15) is 0 Å². The fraction of sp³-hybridized carbons (Fsp3) is 0.846. The largest absolute Gasteiger partial charge is 0.384 e. The molecule has 1 atom stereocenters. The Morgan fingerprint density at radius 3 is 3.00 bits per heavy atom. The van der Waals surface area contributed by atoms with E-state index in [0.717, 1.165) is 50.3 Å². The minimum atomic E-state index is 0.656. The Bertz CT molecular complexity index is 389. The fourth-order valence-electron chi connectivity index (χ4n) is 2.64. The lowest BCUT2D eigenvalue weighted by Crippen LogP contribution is -2.21. The predicted molar refractivity (Wildman–Crippen MR) is 66.0 cm³/mol. The standard InChI is InChI=1S/C13H21N3O2/c1-17-9-11-4-5-16(7-11)8-13-14-12(15-18-13)6-10-2-3-10/h10-11H,2-9H2,1H3. The van der Waals surface area contributed by atoms with Crippen molar-refractivity contribution in [2.24, 2.45) is 11.8 Å². The van der Waals surface area contributed by atoms with Crippen molar-refractivity contribution in [1.29, 1.82) is 0 Å². The molecule has 2 heterocycles. The molecule has 1 saturated carbocycles. The van der Waals surface area contributed by atoms with E-state index in [1.807, 2.05) is 0 Å². The Labute approximate surface area is 107 Å². The van der Waals surface area contributed by atoms with E-state index in [0.29, 0.717) is 5.92 Å². The van der Waals surface area contributed by atoms with Crippen LogP contribution >= 0.6 is 0 Å². The van der Waals surface area contributed by atoms with Crippen LogP contribution in [0.2, 0.25) is 0 Å². The zero-order chi connectivity index (χ0) is 12.4. The first-order valence-electron chi connectivity index (χ1n) is 6.86. The Hall–Kier alpha value is -0.940. The molecule has 0 amide bonds. The van der Waals surface area contributed by atoms with Gasteiger partial charge in [0.15, 0.2) is 5.82 Å². The van der Waals surface area contributed by atoms with Gasteiger partial charge in [-0.1, -0.05) is 5.16 Å². The summed E-state index contributed by atoms with van der Waals surface area (Å²) in [5.74, 6) is 3.13. The smallest absolute Gasteiger partial charge is 0.240 e. The van der Waals surface area contributed by atoms with Gasteiger partial charge in [0.25, 0.3) is 0 Å². The topological polar surface area (TPSA) is 51.4 Å². The van der Waals surface area contributed by atoms with E-state index in [1.165, 1.54) is 19.3 Å². The Morgan fingerprint density at radius 2 is 2.22 bits per heavy atom. The zero-order valence-electron chi connectivity index (χ0n) is 11.0. The van der Waals surface area contributed by atoms with Crippen molar-refractivity contribution >= 4 is 0 Å². The number of aromatic nitrogens is 2. The molecule has 2 fully saturated rings. The van der Waals surface area contributed by atoms with Gasteiger partial charge in [0.2, 0.25) is 5.89 Å². The van der Waals surface area contributed by atoms with Crippen LogP contribution in [-0.2, 0) is 17.7 Å². The van der Waals surface area contributed by atoms with E-state index in [4.69, 9.17) is 9.26 Å². The van der Waals surface area contributed by atoms with Gasteiger partial charge in [0.05, 0.1) is 13.2 Å². The second kappa shape index (κ2) is 5.36. The van der Waals surface area contributed by atoms with Crippen LogP contribution < -0.4 is 0 Å². The molecule has 18 heavy (non-hydrogen) atoms. The third-order valence-electron chi connectivity index (χ3n) is 3.81. The summed E-state index contributed by atoms with van der Waals surface area (Å²) in [6, 6.07) is 0. The summed E-state index contributed by atoms with van der Waals surface area (Å²) in [7, 11) is 1.77. The highest BCUT2D eigenvalue weighted by molar-refractivity contribution is 4.92. The molecule has 100 valence electrons. The van der Waals surface area contributed by atoms with Crippen LogP contribution in [0.5, 0.6) is 0 Å². The number of nitrogens with zero attached hydrogens (tertiary/aromatic N) is 3. The van der Waals surface area contributed by atoms with Crippen LogP contribution in [0.4, 0.5) is 0 Å². The third kappa shape index (κ3) is 3.09. The van der Waals surface area contributed by atoms with Gasteiger partial charge < -0.3 is 9.26 Å². The van der Waals surface area contributed by atoms with Crippen LogP contribution in [0.3, 0.4) is 0 Å². The molecule has 0 N–H and O–H groups in total. The fourth-order valence-corrected chi connectivity index (χ4v) is 2.64. The maximum absolute atomic E-state index is 5.32. The molecule has 2 aliphatic rings. The molecule has 1 aliphatic heterocycles. The van der Waals surface area contributed by atoms with Crippen LogP contribution in [-0.4, -0.2) is 41.8 Å². The van der Waals surface area contributed by atoms with Crippen molar-refractivity contribution in [3.63, 3.8) is 0 Å². The number of methoxy groups -OCH3 is 1. The molecule has 5 nitrogen and oxygen atoms in total. The van der Waals surface area contributed by atoms with Gasteiger partial charge in [0.1, 0.15) is 0 Å². The molecule has 1 saturated heterocycles.